The van der Waals surface area contributed by atoms with Crippen LogP contribution in [0.4, 0.5) is 0 Å². The fraction of sp³-hybridized carbons (Fsp3) is 0.667. The van der Waals surface area contributed by atoms with Crippen LogP contribution in [0, 0.1) is 11.3 Å². The zero-order chi connectivity index (χ0) is 5.86. The van der Waals surface area contributed by atoms with Crippen LogP contribution in [0.2, 0.25) is 0 Å². The van der Waals surface area contributed by atoms with Gasteiger partial charge in [-0.1, -0.05) is 0 Å². The zero-order valence-electron chi connectivity index (χ0n) is 3.75. The third-order valence-electron chi connectivity index (χ3n) is 0.470. The summed E-state index contributed by atoms with van der Waals surface area (Å²) in [4.78, 5) is 0. The van der Waals surface area contributed by atoms with E-state index in [9.17, 15) is 8.76 Å². The van der Waals surface area contributed by atoms with E-state index in [1.807, 2.05) is 0 Å². The summed E-state index contributed by atoms with van der Waals surface area (Å²) in [6, 6.07) is 1.55. The van der Waals surface area contributed by atoms with Crippen LogP contribution in [0.1, 0.15) is 6.92 Å². The quantitative estimate of drug-likeness (QED) is 0.447. The molecule has 0 amide bonds. The molecule has 40 valence electrons. The van der Waals surface area contributed by atoms with Crippen LogP contribution >= 0.6 is 0 Å². The first-order valence-electron chi connectivity index (χ1n) is 1.66. The second kappa shape index (κ2) is 2.72. The van der Waals surface area contributed by atoms with Crippen LogP contribution < -0.4 is 0 Å². The minimum Gasteiger partial charge on any atom is -0.771 e. The van der Waals surface area contributed by atoms with Crippen LogP contribution in [-0.4, -0.2) is 14.0 Å². The molecule has 0 aromatic rings. The Kier molecular flexibility index (Phi) is 2.56. The number of nitriles is 1. The van der Waals surface area contributed by atoms with E-state index in [4.69, 9.17) is 5.26 Å². The van der Waals surface area contributed by atoms with Gasteiger partial charge in [0.25, 0.3) is 0 Å². The maximum atomic E-state index is 9.71. The van der Waals surface area contributed by atoms with Gasteiger partial charge < -0.3 is 4.55 Å². The molecular formula is C3H4NO2S-. The highest BCUT2D eigenvalue weighted by Gasteiger charge is 1.93. The summed E-state index contributed by atoms with van der Waals surface area (Å²) in [5.41, 5.74) is 0. The number of rotatable bonds is 1. The predicted octanol–water partition coefficient (Wildman–Crippen LogP) is -0.222. The second-order valence-electron chi connectivity index (χ2n) is 1.03. The molecule has 0 N–H and O–H groups in total. The lowest BCUT2D eigenvalue weighted by Crippen LogP contribution is -2.05. The van der Waals surface area contributed by atoms with Gasteiger partial charge in [-0.25, -0.2) is 0 Å². The summed E-state index contributed by atoms with van der Waals surface area (Å²) in [5, 5.41) is 6.99. The van der Waals surface area contributed by atoms with Crippen molar-refractivity contribution in [3.8, 4) is 6.07 Å². The second-order valence-corrected chi connectivity index (χ2v) is 2.26. The molecule has 0 aromatic carbocycles. The molecule has 0 spiro atoms. The van der Waals surface area contributed by atoms with E-state index in [2.05, 4.69) is 0 Å². The third kappa shape index (κ3) is 2.31. The van der Waals surface area contributed by atoms with Gasteiger partial charge in [0.1, 0.15) is 5.25 Å². The topological polar surface area (TPSA) is 63.9 Å². The van der Waals surface area contributed by atoms with Gasteiger partial charge in [0.05, 0.1) is 6.07 Å². The molecule has 7 heavy (non-hydrogen) atoms. The van der Waals surface area contributed by atoms with E-state index in [1.165, 1.54) is 6.92 Å². The minimum absolute atomic E-state index is 0.875. The average Bonchev–Trinajstić information content (AvgIpc) is 1.65. The van der Waals surface area contributed by atoms with E-state index in [0.29, 0.717) is 0 Å². The Balaban J connectivity index is 3.63. The summed E-state index contributed by atoms with van der Waals surface area (Å²) in [5.74, 6) is 0. The molecule has 2 atom stereocenters. The Bertz CT molecular complexity index is 117. The normalized spacial score (nSPS) is 17.3. The summed E-state index contributed by atoms with van der Waals surface area (Å²) >= 11 is -2.22. The minimum atomic E-state index is -2.22. The van der Waals surface area contributed by atoms with Gasteiger partial charge in [0.15, 0.2) is 0 Å². The summed E-state index contributed by atoms with van der Waals surface area (Å²) in [7, 11) is 0. The summed E-state index contributed by atoms with van der Waals surface area (Å²) in [6.07, 6.45) is 0. The Morgan fingerprint density at radius 3 is 2.43 bits per heavy atom. The molecule has 3 nitrogen and oxygen atoms in total. The first-order chi connectivity index (χ1) is 3.18. The molecule has 0 aliphatic carbocycles. The maximum absolute atomic E-state index is 9.71. The van der Waals surface area contributed by atoms with Crippen molar-refractivity contribution < 1.29 is 8.76 Å². The lowest BCUT2D eigenvalue weighted by Gasteiger charge is -2.02. The first kappa shape index (κ1) is 6.60. The predicted molar refractivity (Wildman–Crippen MR) is 24.0 cm³/mol. The van der Waals surface area contributed by atoms with Gasteiger partial charge >= 0.3 is 0 Å². The average molecular weight is 118 g/mol. The number of hydrogen-bond acceptors (Lipinski definition) is 3. The van der Waals surface area contributed by atoms with Crippen molar-refractivity contribution in [1.82, 2.24) is 0 Å². The lowest BCUT2D eigenvalue weighted by atomic mass is 10.5. The highest BCUT2D eigenvalue weighted by molar-refractivity contribution is 7.80. The van der Waals surface area contributed by atoms with Gasteiger partial charge in [-0.15, -0.1) is 0 Å². The molecule has 0 aliphatic heterocycles. The van der Waals surface area contributed by atoms with Crippen LogP contribution in [0.5, 0.6) is 0 Å². The van der Waals surface area contributed by atoms with Crippen molar-refractivity contribution in [2.75, 3.05) is 0 Å². The van der Waals surface area contributed by atoms with Gasteiger partial charge in [0.2, 0.25) is 0 Å². The van der Waals surface area contributed by atoms with E-state index >= 15 is 0 Å². The van der Waals surface area contributed by atoms with Crippen LogP contribution in [-0.2, 0) is 11.1 Å². The Labute approximate surface area is 44.2 Å². The smallest absolute Gasteiger partial charge is 0.105 e. The van der Waals surface area contributed by atoms with E-state index in [1.54, 1.807) is 6.07 Å². The van der Waals surface area contributed by atoms with Crippen LogP contribution in [0.25, 0.3) is 0 Å². The molecule has 0 bridgehead atoms. The molecular weight excluding hydrogens is 114 g/mol. The fourth-order valence-corrected chi connectivity index (χ4v) is 0.129. The molecule has 0 radical (unpaired) electrons. The van der Waals surface area contributed by atoms with Crippen molar-refractivity contribution in [3.63, 3.8) is 0 Å². The molecule has 0 saturated heterocycles. The molecule has 4 heteroatoms. The van der Waals surface area contributed by atoms with Gasteiger partial charge in [-0.05, 0) is 18.0 Å². The molecule has 0 aromatic heterocycles. The van der Waals surface area contributed by atoms with Gasteiger partial charge in [0, 0.05) is 0 Å². The van der Waals surface area contributed by atoms with Crippen molar-refractivity contribution in [1.29, 1.82) is 5.26 Å². The van der Waals surface area contributed by atoms with E-state index in [-0.39, 0.29) is 0 Å². The molecule has 0 rings (SSSR count). The molecule has 0 fully saturated rings. The van der Waals surface area contributed by atoms with Crippen molar-refractivity contribution in [2.45, 2.75) is 12.2 Å². The zero-order valence-corrected chi connectivity index (χ0v) is 4.57. The monoisotopic (exact) mass is 118 g/mol. The molecule has 0 aliphatic rings. The van der Waals surface area contributed by atoms with Crippen molar-refractivity contribution in [3.05, 3.63) is 0 Å². The molecule has 2 unspecified atom stereocenters. The summed E-state index contributed by atoms with van der Waals surface area (Å²) in [6.45, 7) is 1.32. The first-order valence-corrected chi connectivity index (χ1v) is 2.80. The third-order valence-corrected chi connectivity index (χ3v) is 1.15. The van der Waals surface area contributed by atoms with E-state index < -0.39 is 16.3 Å². The highest BCUT2D eigenvalue weighted by atomic mass is 32.2. The van der Waals surface area contributed by atoms with Gasteiger partial charge in [-0.2, -0.15) is 5.26 Å². The van der Waals surface area contributed by atoms with E-state index in [0.717, 1.165) is 0 Å². The maximum Gasteiger partial charge on any atom is 0.105 e. The Hall–Kier alpha value is -0.400. The molecule has 0 saturated carbocycles. The SMILES string of the molecule is CC(C#N)S(=O)[O-]. The summed E-state index contributed by atoms with van der Waals surface area (Å²) < 4.78 is 19.4. The van der Waals surface area contributed by atoms with Crippen molar-refractivity contribution in [2.24, 2.45) is 0 Å². The van der Waals surface area contributed by atoms with Crippen LogP contribution in [0.3, 0.4) is 0 Å². The van der Waals surface area contributed by atoms with Gasteiger partial charge in [-0.3, -0.25) is 4.21 Å². The Morgan fingerprint density at radius 2 is 2.43 bits per heavy atom. The lowest BCUT2D eigenvalue weighted by molar-refractivity contribution is 0.533. The highest BCUT2D eigenvalue weighted by Crippen LogP contribution is 1.85. The largest absolute Gasteiger partial charge is 0.771 e. The standard InChI is InChI=1S/C3H5NO2S/c1-3(2-4)7(5)6/h3H,1H3,(H,5,6)/p-1. The fourth-order valence-electron chi connectivity index (χ4n) is 0.0430. The Morgan fingerprint density at radius 1 is 2.00 bits per heavy atom. The van der Waals surface area contributed by atoms with Crippen molar-refractivity contribution >= 4 is 11.1 Å². The molecule has 0 heterocycles. The number of nitrogens with zero attached hydrogens (tertiary/aromatic N) is 1. The van der Waals surface area contributed by atoms with Crippen LogP contribution in [0.15, 0.2) is 0 Å². The number of hydrogen-bond donors (Lipinski definition) is 0.